The second kappa shape index (κ2) is 7.57. The molecule has 1 aliphatic carbocycles. The third-order valence-corrected chi connectivity index (χ3v) is 5.39. The van der Waals surface area contributed by atoms with E-state index in [0.29, 0.717) is 6.04 Å². The van der Waals surface area contributed by atoms with Gasteiger partial charge in [-0.1, -0.05) is 50.3 Å². The molecular formula is C22H26N2S. The minimum Gasteiger partial charge on any atom is -0.281 e. The molecule has 2 atom stereocenters. The van der Waals surface area contributed by atoms with Crippen LogP contribution in [0.15, 0.2) is 63.4 Å². The summed E-state index contributed by atoms with van der Waals surface area (Å²) in [7, 11) is 0. The molecule has 1 saturated carbocycles. The van der Waals surface area contributed by atoms with Crippen LogP contribution in [0.5, 0.6) is 0 Å². The van der Waals surface area contributed by atoms with E-state index in [1.807, 2.05) is 44.0 Å². The molecule has 2 heterocycles. The number of thioether (sulfide) groups is 1. The lowest BCUT2D eigenvalue weighted by Gasteiger charge is -2.23. The van der Waals surface area contributed by atoms with Crippen molar-refractivity contribution in [2.45, 2.75) is 49.8 Å². The van der Waals surface area contributed by atoms with Crippen LogP contribution in [0.3, 0.4) is 0 Å². The Morgan fingerprint density at radius 2 is 1.72 bits per heavy atom. The Bertz CT molecular complexity index is 844. The van der Waals surface area contributed by atoms with Gasteiger partial charge < -0.3 is 0 Å². The van der Waals surface area contributed by atoms with Crippen molar-refractivity contribution in [1.29, 1.82) is 0 Å². The van der Waals surface area contributed by atoms with E-state index in [2.05, 4.69) is 66.3 Å². The fraction of sp³-hybridized carbons (Fsp3) is 0.364. The maximum Gasteiger partial charge on any atom is 0.0762 e. The van der Waals surface area contributed by atoms with Crippen molar-refractivity contribution >= 4 is 29.7 Å². The zero-order valence-corrected chi connectivity index (χ0v) is 16.3. The van der Waals surface area contributed by atoms with Crippen molar-refractivity contribution in [3.8, 4) is 0 Å². The minimum atomic E-state index is 0.147. The van der Waals surface area contributed by atoms with Gasteiger partial charge in [-0.3, -0.25) is 9.98 Å². The Hall–Kier alpha value is -1.87. The number of benzene rings is 2. The van der Waals surface area contributed by atoms with Gasteiger partial charge in [0.25, 0.3) is 0 Å². The second-order valence-electron chi connectivity index (χ2n) is 6.75. The van der Waals surface area contributed by atoms with Crippen molar-refractivity contribution in [1.82, 2.24) is 0 Å². The van der Waals surface area contributed by atoms with Gasteiger partial charge in [0.1, 0.15) is 0 Å². The maximum absolute atomic E-state index is 4.59. The molecule has 2 aromatic carbocycles. The van der Waals surface area contributed by atoms with Crippen LogP contribution in [0.1, 0.15) is 34.1 Å². The Morgan fingerprint density at radius 1 is 1.00 bits per heavy atom. The first-order chi connectivity index (χ1) is 12.1. The third kappa shape index (κ3) is 4.40. The van der Waals surface area contributed by atoms with Crippen molar-refractivity contribution in [3.63, 3.8) is 0 Å². The molecular weight excluding hydrogens is 324 g/mol. The van der Waals surface area contributed by atoms with Gasteiger partial charge in [0.15, 0.2) is 0 Å². The van der Waals surface area contributed by atoms with Crippen LogP contribution in [0.25, 0.3) is 6.08 Å². The zero-order valence-electron chi connectivity index (χ0n) is 15.4. The summed E-state index contributed by atoms with van der Waals surface area (Å²) in [5.41, 5.74) is 1.10. The van der Waals surface area contributed by atoms with E-state index in [1.54, 1.807) is 0 Å². The molecule has 1 fully saturated rings. The molecule has 0 spiro atoms. The smallest absolute Gasteiger partial charge is 0.0762 e. The summed E-state index contributed by atoms with van der Waals surface area (Å²) in [5.74, 6) is 0.768. The average molecular weight is 351 g/mol. The molecule has 2 aliphatic heterocycles. The van der Waals surface area contributed by atoms with Gasteiger partial charge in [0, 0.05) is 17.0 Å². The minimum absolute atomic E-state index is 0.147. The molecule has 0 aromatic heterocycles. The number of fused-ring (bicyclic) bond motifs is 3. The summed E-state index contributed by atoms with van der Waals surface area (Å²) in [6.45, 7) is 8.36. The standard InChI is InChI=1S/C10H11NS.C10H9N.C2H6/c1-10(2)7-11-8-5-3-4-6-9(8)12-10;1-2-4-9-7(3-1)5-8-6-10(8)11-9;1-2/h3-7H,1-2H3;1-5,8,10H,6H2;1-2H3. The summed E-state index contributed by atoms with van der Waals surface area (Å²) >= 11 is 1.86. The Balaban J connectivity index is 0.000000133. The summed E-state index contributed by atoms with van der Waals surface area (Å²) in [5, 5.41) is 2.51. The Kier molecular flexibility index (Phi) is 5.43. The maximum atomic E-state index is 4.59. The van der Waals surface area contributed by atoms with Crippen LogP contribution >= 0.6 is 11.8 Å². The molecule has 0 N–H and O–H groups in total. The molecule has 0 amide bonds. The van der Waals surface area contributed by atoms with Crippen LogP contribution in [0, 0.1) is 5.92 Å². The quantitative estimate of drug-likeness (QED) is 0.670. The highest BCUT2D eigenvalue weighted by atomic mass is 32.2. The van der Waals surface area contributed by atoms with E-state index >= 15 is 0 Å². The number of aliphatic imine (C=N–C) groups is 1. The van der Waals surface area contributed by atoms with Crippen molar-refractivity contribution in [3.05, 3.63) is 59.1 Å². The van der Waals surface area contributed by atoms with Gasteiger partial charge in [0.2, 0.25) is 0 Å². The third-order valence-electron chi connectivity index (χ3n) is 4.19. The first kappa shape index (κ1) is 17.9. The normalized spacial score (nSPS) is 22.9. The zero-order chi connectivity index (χ0) is 17.9. The molecule has 3 heteroatoms. The predicted octanol–water partition coefficient (Wildman–Crippen LogP) is 4.79. The van der Waals surface area contributed by atoms with E-state index < -0.39 is 0 Å². The number of rotatable bonds is 0. The number of hydrogen-bond donors (Lipinski definition) is 0. The van der Waals surface area contributed by atoms with E-state index in [1.165, 1.54) is 21.9 Å². The van der Waals surface area contributed by atoms with Crippen LogP contribution in [-0.4, -0.2) is 17.0 Å². The van der Waals surface area contributed by atoms with E-state index in [0.717, 1.165) is 11.6 Å². The van der Waals surface area contributed by atoms with Gasteiger partial charge in [0.05, 0.1) is 21.8 Å². The van der Waals surface area contributed by atoms with E-state index in [9.17, 15) is 0 Å². The molecule has 3 aliphatic rings. The van der Waals surface area contributed by atoms with Crippen molar-refractivity contribution in [2.75, 3.05) is 0 Å². The summed E-state index contributed by atoms with van der Waals surface area (Å²) in [6.07, 6.45) is 5.64. The first-order valence-electron chi connectivity index (χ1n) is 9.09. The SMILES string of the molecule is C1=c2ccccc2=NC2CC12.CC.CC1(C)C=Nc2ccccc2S1. The molecule has 0 saturated heterocycles. The molecule has 25 heavy (non-hydrogen) atoms. The lowest BCUT2D eigenvalue weighted by atomic mass is 10.2. The van der Waals surface area contributed by atoms with Gasteiger partial charge in [-0.2, -0.15) is 0 Å². The van der Waals surface area contributed by atoms with E-state index in [-0.39, 0.29) is 4.75 Å². The first-order valence-corrected chi connectivity index (χ1v) is 9.90. The molecule has 130 valence electrons. The highest BCUT2D eigenvalue weighted by Gasteiger charge is 2.35. The largest absolute Gasteiger partial charge is 0.281 e. The second-order valence-corrected chi connectivity index (χ2v) is 8.45. The lowest BCUT2D eigenvalue weighted by Crippen LogP contribution is -2.27. The molecule has 2 nitrogen and oxygen atoms in total. The molecule has 2 aromatic rings. The molecule has 2 unspecified atom stereocenters. The topological polar surface area (TPSA) is 24.7 Å². The van der Waals surface area contributed by atoms with Crippen LogP contribution in [0.4, 0.5) is 5.69 Å². The van der Waals surface area contributed by atoms with Gasteiger partial charge >= 0.3 is 0 Å². The van der Waals surface area contributed by atoms with E-state index in [4.69, 9.17) is 0 Å². The highest BCUT2D eigenvalue weighted by Crippen LogP contribution is 2.40. The summed E-state index contributed by atoms with van der Waals surface area (Å²) < 4.78 is 0.147. The number of nitrogens with zero attached hydrogens (tertiary/aromatic N) is 2. The van der Waals surface area contributed by atoms with Crippen molar-refractivity contribution in [2.24, 2.45) is 15.9 Å². The van der Waals surface area contributed by atoms with Crippen LogP contribution in [0.2, 0.25) is 0 Å². The Morgan fingerprint density at radius 3 is 2.56 bits per heavy atom. The van der Waals surface area contributed by atoms with Crippen molar-refractivity contribution < 1.29 is 0 Å². The predicted molar refractivity (Wildman–Crippen MR) is 109 cm³/mol. The van der Waals surface area contributed by atoms with Gasteiger partial charge in [-0.05, 0) is 43.7 Å². The Labute approximate surface area is 154 Å². The molecule has 0 bridgehead atoms. The van der Waals surface area contributed by atoms with Crippen LogP contribution in [-0.2, 0) is 0 Å². The fourth-order valence-electron chi connectivity index (χ4n) is 2.87. The highest BCUT2D eigenvalue weighted by molar-refractivity contribution is 8.01. The number of para-hydroxylation sites is 2. The molecule has 5 rings (SSSR count). The summed E-state index contributed by atoms with van der Waals surface area (Å²) in [6, 6.07) is 17.3. The number of hydrogen-bond acceptors (Lipinski definition) is 3. The fourth-order valence-corrected chi connectivity index (χ4v) is 3.91. The van der Waals surface area contributed by atoms with Crippen LogP contribution < -0.4 is 10.6 Å². The lowest BCUT2D eigenvalue weighted by molar-refractivity contribution is 0.931. The average Bonchev–Trinajstić information content (AvgIpc) is 3.39. The monoisotopic (exact) mass is 350 g/mol. The summed E-state index contributed by atoms with van der Waals surface area (Å²) in [4.78, 5) is 10.3. The van der Waals surface area contributed by atoms with Gasteiger partial charge in [-0.15, -0.1) is 11.8 Å². The molecule has 0 radical (unpaired) electrons. The van der Waals surface area contributed by atoms with Gasteiger partial charge in [-0.25, -0.2) is 0 Å².